The van der Waals surface area contributed by atoms with Crippen molar-refractivity contribution in [3.8, 4) is 5.69 Å². The van der Waals surface area contributed by atoms with Crippen LogP contribution in [0.2, 0.25) is 5.02 Å². The van der Waals surface area contributed by atoms with E-state index in [0.29, 0.717) is 29.1 Å². The Kier molecular flexibility index (Phi) is 6.38. The number of halogens is 1. The molecule has 4 rings (SSSR count). The van der Waals surface area contributed by atoms with Crippen LogP contribution in [0.1, 0.15) is 23.3 Å². The fourth-order valence-electron chi connectivity index (χ4n) is 3.46. The van der Waals surface area contributed by atoms with E-state index in [4.69, 9.17) is 26.4 Å². The number of ether oxygens (including phenoxy) is 1. The molecule has 0 saturated heterocycles. The van der Waals surface area contributed by atoms with Gasteiger partial charge in [-0.05, 0) is 55.5 Å². The normalized spacial score (nSPS) is 13.8. The highest BCUT2D eigenvalue weighted by molar-refractivity contribution is 7.99. The largest absolute Gasteiger partial charge is 0.394 e. The summed E-state index contributed by atoms with van der Waals surface area (Å²) in [6.07, 6.45) is 4.29. The van der Waals surface area contributed by atoms with E-state index < -0.39 is 0 Å². The van der Waals surface area contributed by atoms with Gasteiger partial charge in [0.15, 0.2) is 5.16 Å². The minimum atomic E-state index is -0.00880. The lowest BCUT2D eigenvalue weighted by Crippen LogP contribution is -2.22. The summed E-state index contributed by atoms with van der Waals surface area (Å²) in [6.45, 7) is 0.806. The van der Waals surface area contributed by atoms with Gasteiger partial charge in [-0.3, -0.25) is 9.36 Å². The average molecular weight is 437 g/mol. The van der Waals surface area contributed by atoms with Gasteiger partial charge in [0.1, 0.15) is 4.83 Å². The van der Waals surface area contributed by atoms with Crippen LogP contribution in [0.3, 0.4) is 0 Å². The molecule has 1 aliphatic rings. The summed E-state index contributed by atoms with van der Waals surface area (Å²) in [4.78, 5) is 20.5. The Morgan fingerprint density at radius 1 is 1.21 bits per heavy atom. The van der Waals surface area contributed by atoms with Crippen LogP contribution < -0.4 is 5.56 Å². The van der Waals surface area contributed by atoms with Crippen molar-refractivity contribution in [2.45, 2.75) is 30.8 Å². The molecule has 28 heavy (non-hydrogen) atoms. The summed E-state index contributed by atoms with van der Waals surface area (Å²) in [5.41, 5.74) is 1.94. The molecule has 1 aliphatic carbocycles. The molecule has 0 radical (unpaired) electrons. The Balaban J connectivity index is 1.79. The highest BCUT2D eigenvalue weighted by atomic mass is 35.5. The summed E-state index contributed by atoms with van der Waals surface area (Å²) in [5.74, 6) is 0.649. The monoisotopic (exact) mass is 436 g/mol. The molecule has 0 aliphatic heterocycles. The zero-order valence-electron chi connectivity index (χ0n) is 15.3. The molecule has 8 heteroatoms. The van der Waals surface area contributed by atoms with E-state index in [-0.39, 0.29) is 12.2 Å². The maximum atomic E-state index is 13.5. The van der Waals surface area contributed by atoms with Gasteiger partial charge in [-0.1, -0.05) is 23.4 Å². The molecule has 0 bridgehead atoms. The molecule has 5 nitrogen and oxygen atoms in total. The number of hydrogen-bond donors (Lipinski definition) is 1. The Morgan fingerprint density at radius 2 is 2.00 bits per heavy atom. The van der Waals surface area contributed by atoms with Crippen molar-refractivity contribution in [1.29, 1.82) is 0 Å². The highest BCUT2D eigenvalue weighted by Gasteiger charge is 2.22. The van der Waals surface area contributed by atoms with Gasteiger partial charge in [-0.2, -0.15) is 0 Å². The van der Waals surface area contributed by atoms with Crippen LogP contribution in [0.15, 0.2) is 34.2 Å². The lowest BCUT2D eigenvalue weighted by atomic mass is 9.97. The molecule has 0 fully saturated rings. The summed E-state index contributed by atoms with van der Waals surface area (Å²) in [7, 11) is 0. The first kappa shape index (κ1) is 19.9. The van der Waals surface area contributed by atoms with Gasteiger partial charge >= 0.3 is 0 Å². The molecule has 0 atom stereocenters. The van der Waals surface area contributed by atoms with Crippen molar-refractivity contribution in [2.75, 3.05) is 25.6 Å². The van der Waals surface area contributed by atoms with Gasteiger partial charge < -0.3 is 9.84 Å². The number of benzene rings is 1. The quantitative estimate of drug-likeness (QED) is 0.343. The lowest BCUT2D eigenvalue weighted by Gasteiger charge is -2.13. The Morgan fingerprint density at radius 3 is 2.79 bits per heavy atom. The molecule has 0 saturated carbocycles. The topological polar surface area (TPSA) is 64.3 Å². The standard InChI is InChI=1S/C20H21ClN2O3S2/c21-13-5-7-14(8-6-13)23-19(25)17-15-3-1-2-4-16(15)28-18(17)22-20(23)27-12-11-26-10-9-24/h5-8,24H,1-4,9-12H2. The number of aryl methyl sites for hydroxylation is 2. The van der Waals surface area contributed by atoms with Gasteiger partial charge in [-0.25, -0.2) is 4.98 Å². The third kappa shape index (κ3) is 4.00. The number of hydrogen-bond acceptors (Lipinski definition) is 6. The number of rotatable bonds is 7. The second kappa shape index (κ2) is 8.97. The van der Waals surface area contributed by atoms with Gasteiger partial charge in [0.25, 0.3) is 5.56 Å². The van der Waals surface area contributed by atoms with Gasteiger partial charge in [0.05, 0.1) is 30.9 Å². The van der Waals surface area contributed by atoms with Crippen LogP contribution in [0.5, 0.6) is 0 Å². The minimum Gasteiger partial charge on any atom is -0.394 e. The predicted octanol–water partition coefficient (Wildman–Crippen LogP) is 4.08. The molecule has 2 aromatic heterocycles. The van der Waals surface area contributed by atoms with E-state index >= 15 is 0 Å². The smallest absolute Gasteiger partial charge is 0.267 e. The van der Waals surface area contributed by atoms with Crippen molar-refractivity contribution >= 4 is 44.9 Å². The first-order valence-corrected chi connectivity index (χ1v) is 11.5. The number of aromatic nitrogens is 2. The van der Waals surface area contributed by atoms with Crippen LogP contribution in [-0.4, -0.2) is 40.2 Å². The molecule has 3 aromatic rings. The SMILES string of the molecule is O=c1c2c3c(sc2nc(SCCOCCO)n1-c1ccc(Cl)cc1)CCCC3. The van der Waals surface area contributed by atoms with Crippen LogP contribution in [0.25, 0.3) is 15.9 Å². The zero-order valence-corrected chi connectivity index (χ0v) is 17.7. The van der Waals surface area contributed by atoms with Crippen molar-refractivity contribution < 1.29 is 9.84 Å². The third-order valence-corrected chi connectivity index (χ3v) is 7.08. The molecule has 0 unspecified atom stereocenters. The molecule has 0 spiro atoms. The number of fused-ring (bicyclic) bond motifs is 3. The van der Waals surface area contributed by atoms with Crippen LogP contribution >= 0.6 is 34.7 Å². The molecule has 148 valence electrons. The van der Waals surface area contributed by atoms with E-state index in [9.17, 15) is 4.79 Å². The predicted molar refractivity (Wildman–Crippen MR) is 115 cm³/mol. The number of thiophene rings is 1. The maximum absolute atomic E-state index is 13.5. The van der Waals surface area contributed by atoms with Crippen molar-refractivity contribution in [3.05, 3.63) is 50.1 Å². The Labute approximate surface area is 176 Å². The molecular formula is C20H21ClN2O3S2. The maximum Gasteiger partial charge on any atom is 0.267 e. The highest BCUT2D eigenvalue weighted by Crippen LogP contribution is 2.35. The van der Waals surface area contributed by atoms with E-state index in [1.165, 1.54) is 28.6 Å². The summed E-state index contributed by atoms with van der Waals surface area (Å²) in [6, 6.07) is 7.27. The first-order valence-electron chi connectivity index (χ1n) is 9.33. The van der Waals surface area contributed by atoms with Crippen LogP contribution in [-0.2, 0) is 17.6 Å². The Hall–Kier alpha value is -1.38. The van der Waals surface area contributed by atoms with Gasteiger partial charge in [0, 0.05) is 15.7 Å². The third-order valence-electron chi connectivity index (χ3n) is 4.74. The molecular weight excluding hydrogens is 416 g/mol. The second-order valence-corrected chi connectivity index (χ2v) is 9.17. The van der Waals surface area contributed by atoms with Crippen molar-refractivity contribution in [1.82, 2.24) is 9.55 Å². The second-order valence-electron chi connectivity index (χ2n) is 6.59. The zero-order chi connectivity index (χ0) is 19.5. The minimum absolute atomic E-state index is 0.00507. The molecule has 1 aromatic carbocycles. The molecule has 2 heterocycles. The summed E-state index contributed by atoms with van der Waals surface area (Å²) < 4.78 is 7.04. The number of aliphatic hydroxyl groups is 1. The molecule has 0 amide bonds. The van der Waals surface area contributed by atoms with Gasteiger partial charge in [-0.15, -0.1) is 11.3 Å². The van der Waals surface area contributed by atoms with E-state index in [0.717, 1.165) is 35.2 Å². The summed E-state index contributed by atoms with van der Waals surface area (Å²) >= 11 is 9.19. The summed E-state index contributed by atoms with van der Waals surface area (Å²) in [5, 5.41) is 10.9. The number of nitrogens with zero attached hydrogens (tertiary/aromatic N) is 2. The fraction of sp³-hybridized carbons (Fsp3) is 0.400. The Bertz CT molecular complexity index is 1030. The number of aliphatic hydroxyl groups excluding tert-OH is 1. The van der Waals surface area contributed by atoms with Crippen LogP contribution in [0, 0.1) is 0 Å². The first-order chi connectivity index (χ1) is 13.7. The average Bonchev–Trinajstić information content (AvgIpc) is 3.07. The van der Waals surface area contributed by atoms with Crippen LogP contribution in [0.4, 0.5) is 0 Å². The fourth-order valence-corrected chi connectivity index (χ4v) is 5.75. The van der Waals surface area contributed by atoms with Crippen molar-refractivity contribution in [3.63, 3.8) is 0 Å². The van der Waals surface area contributed by atoms with E-state index in [2.05, 4.69) is 0 Å². The van der Waals surface area contributed by atoms with Crippen molar-refractivity contribution in [2.24, 2.45) is 0 Å². The number of thioether (sulfide) groups is 1. The molecule has 1 N–H and O–H groups in total. The van der Waals surface area contributed by atoms with Gasteiger partial charge in [0.2, 0.25) is 0 Å². The van der Waals surface area contributed by atoms with E-state index in [1.54, 1.807) is 28.0 Å². The lowest BCUT2D eigenvalue weighted by molar-refractivity contribution is 0.103. The van der Waals surface area contributed by atoms with E-state index in [1.807, 2.05) is 12.1 Å².